The third-order valence-electron chi connectivity index (χ3n) is 3.56. The molecule has 1 aliphatic heterocycles. The lowest BCUT2D eigenvalue weighted by Crippen LogP contribution is -2.12. The van der Waals surface area contributed by atoms with Crippen LogP contribution in [0, 0.1) is 5.92 Å². The number of carbonyl (C=O) groups excluding carboxylic acids is 2. The number of ether oxygens (including phenoxy) is 3. The fraction of sp³-hybridized carbons (Fsp3) is 0.429. The predicted octanol–water partition coefficient (Wildman–Crippen LogP) is 1.98. The summed E-state index contributed by atoms with van der Waals surface area (Å²) in [6.07, 6.45) is 1.47. The number of ketones is 2. The fourth-order valence-corrected chi connectivity index (χ4v) is 2.55. The summed E-state index contributed by atoms with van der Waals surface area (Å²) in [5.41, 5.74) is 0.515. The van der Waals surface area contributed by atoms with Crippen molar-refractivity contribution in [3.63, 3.8) is 0 Å². The van der Waals surface area contributed by atoms with Gasteiger partial charge >= 0.3 is 0 Å². The molecule has 5 nitrogen and oxygen atoms in total. The number of benzene rings is 1. The van der Waals surface area contributed by atoms with Crippen LogP contribution in [0.4, 0.5) is 0 Å². The Hall–Kier alpha value is -2.04. The van der Waals surface area contributed by atoms with Gasteiger partial charge in [-0.25, -0.2) is 0 Å². The highest BCUT2D eigenvalue weighted by Gasteiger charge is 2.31. The van der Waals surface area contributed by atoms with E-state index in [1.54, 1.807) is 12.1 Å². The Morgan fingerprint density at radius 3 is 2.89 bits per heavy atom. The van der Waals surface area contributed by atoms with Crippen molar-refractivity contribution in [1.82, 2.24) is 0 Å². The Morgan fingerprint density at radius 1 is 1.37 bits per heavy atom. The highest BCUT2D eigenvalue weighted by molar-refractivity contribution is 6.02. The second-order valence-corrected chi connectivity index (χ2v) is 4.75. The average Bonchev–Trinajstić information content (AvgIpc) is 3.04. The maximum Gasteiger partial charge on any atom is 0.231 e. The van der Waals surface area contributed by atoms with E-state index in [0.29, 0.717) is 42.1 Å². The Balaban J connectivity index is 1.93. The van der Waals surface area contributed by atoms with Crippen LogP contribution in [0.3, 0.4) is 0 Å². The molecule has 1 aromatic rings. The number of fused-ring (bicyclic) bond motifs is 1. The summed E-state index contributed by atoms with van der Waals surface area (Å²) in [6.45, 7) is 0.130. The highest BCUT2D eigenvalue weighted by Crippen LogP contribution is 2.42. The van der Waals surface area contributed by atoms with E-state index in [4.69, 9.17) is 14.2 Å². The first kappa shape index (κ1) is 12.0. The van der Waals surface area contributed by atoms with Crippen LogP contribution < -0.4 is 14.2 Å². The molecule has 1 aliphatic carbocycles. The molecule has 0 N–H and O–H groups in total. The fourth-order valence-electron chi connectivity index (χ4n) is 2.55. The molecule has 0 saturated heterocycles. The largest absolute Gasteiger partial charge is 0.493 e. The summed E-state index contributed by atoms with van der Waals surface area (Å²) in [5.74, 6) is 1.46. The van der Waals surface area contributed by atoms with Crippen LogP contribution in [-0.2, 0) is 4.79 Å². The molecule has 1 aromatic carbocycles. The van der Waals surface area contributed by atoms with Crippen molar-refractivity contribution in [3.05, 3.63) is 17.7 Å². The first-order valence-electron chi connectivity index (χ1n) is 6.22. The van der Waals surface area contributed by atoms with Crippen LogP contribution in [0.2, 0.25) is 0 Å². The second kappa shape index (κ2) is 4.57. The van der Waals surface area contributed by atoms with Gasteiger partial charge in [-0.3, -0.25) is 9.59 Å². The van der Waals surface area contributed by atoms with Crippen molar-refractivity contribution >= 4 is 11.6 Å². The van der Waals surface area contributed by atoms with E-state index < -0.39 is 0 Å². The number of rotatable bonds is 3. The molecule has 0 amide bonds. The summed E-state index contributed by atoms with van der Waals surface area (Å²) in [5, 5.41) is 0. The van der Waals surface area contributed by atoms with E-state index in [1.807, 2.05) is 0 Å². The van der Waals surface area contributed by atoms with Gasteiger partial charge in [0.25, 0.3) is 0 Å². The minimum Gasteiger partial charge on any atom is -0.493 e. The summed E-state index contributed by atoms with van der Waals surface area (Å²) in [4.78, 5) is 23.6. The molecular weight excluding hydrogens is 248 g/mol. The topological polar surface area (TPSA) is 61.8 Å². The lowest BCUT2D eigenvalue weighted by Gasteiger charge is -2.10. The van der Waals surface area contributed by atoms with Gasteiger partial charge in [0.15, 0.2) is 17.3 Å². The van der Waals surface area contributed by atoms with Crippen LogP contribution in [0.5, 0.6) is 17.2 Å². The standard InChI is InChI=1S/C14H14O5/c1-17-11-5-9(6-12-14(11)19-7-18-12)13(16)8-2-3-10(15)4-8/h5-6,8H,2-4,7H2,1H3. The van der Waals surface area contributed by atoms with Gasteiger partial charge in [0.2, 0.25) is 12.5 Å². The van der Waals surface area contributed by atoms with E-state index in [0.717, 1.165) is 0 Å². The van der Waals surface area contributed by atoms with Crippen molar-refractivity contribution in [2.45, 2.75) is 19.3 Å². The van der Waals surface area contributed by atoms with Gasteiger partial charge in [0, 0.05) is 24.3 Å². The van der Waals surface area contributed by atoms with Crippen LogP contribution >= 0.6 is 0 Å². The maximum absolute atomic E-state index is 12.4. The molecule has 1 saturated carbocycles. The molecule has 5 heteroatoms. The van der Waals surface area contributed by atoms with Gasteiger partial charge in [0.05, 0.1) is 7.11 Å². The zero-order valence-corrected chi connectivity index (χ0v) is 10.6. The summed E-state index contributed by atoms with van der Waals surface area (Å²) < 4.78 is 15.8. The number of hydrogen-bond acceptors (Lipinski definition) is 5. The summed E-state index contributed by atoms with van der Waals surface area (Å²) >= 11 is 0. The van der Waals surface area contributed by atoms with E-state index in [-0.39, 0.29) is 24.3 Å². The lowest BCUT2D eigenvalue weighted by atomic mass is 9.96. The van der Waals surface area contributed by atoms with Gasteiger partial charge < -0.3 is 14.2 Å². The number of methoxy groups -OCH3 is 1. The molecule has 0 aromatic heterocycles. The minimum absolute atomic E-state index is 0.0255. The minimum atomic E-state index is -0.211. The molecule has 19 heavy (non-hydrogen) atoms. The quantitative estimate of drug-likeness (QED) is 0.779. The van der Waals surface area contributed by atoms with Gasteiger partial charge in [-0.05, 0) is 18.6 Å². The molecule has 1 unspecified atom stereocenters. The van der Waals surface area contributed by atoms with Crippen molar-refractivity contribution < 1.29 is 23.8 Å². The maximum atomic E-state index is 12.4. The molecule has 3 rings (SSSR count). The Morgan fingerprint density at radius 2 is 2.21 bits per heavy atom. The number of hydrogen-bond donors (Lipinski definition) is 0. The molecule has 1 fully saturated rings. The first-order chi connectivity index (χ1) is 9.19. The Kier molecular flexibility index (Phi) is 2.89. The predicted molar refractivity (Wildman–Crippen MR) is 65.8 cm³/mol. The van der Waals surface area contributed by atoms with Crippen LogP contribution in [-0.4, -0.2) is 25.5 Å². The molecular formula is C14H14O5. The number of Topliss-reactive ketones (excluding diaryl/α,β-unsaturated/α-hetero) is 2. The molecule has 0 bridgehead atoms. The van der Waals surface area contributed by atoms with Gasteiger partial charge in [-0.15, -0.1) is 0 Å². The van der Waals surface area contributed by atoms with Gasteiger partial charge in [0.1, 0.15) is 5.78 Å². The van der Waals surface area contributed by atoms with Crippen molar-refractivity contribution in [2.24, 2.45) is 5.92 Å². The monoisotopic (exact) mass is 262 g/mol. The number of carbonyl (C=O) groups is 2. The van der Waals surface area contributed by atoms with Crippen LogP contribution in [0.25, 0.3) is 0 Å². The van der Waals surface area contributed by atoms with Gasteiger partial charge in [-0.2, -0.15) is 0 Å². The van der Waals surface area contributed by atoms with Gasteiger partial charge in [-0.1, -0.05) is 0 Å². The Bertz CT molecular complexity index is 549. The zero-order chi connectivity index (χ0) is 13.4. The Labute approximate surface area is 110 Å². The van der Waals surface area contributed by atoms with Crippen molar-refractivity contribution in [3.8, 4) is 17.2 Å². The first-order valence-corrected chi connectivity index (χ1v) is 6.22. The highest BCUT2D eigenvalue weighted by atomic mass is 16.7. The summed E-state index contributed by atoms with van der Waals surface area (Å²) in [7, 11) is 1.52. The normalized spacial score (nSPS) is 20.7. The van der Waals surface area contributed by atoms with E-state index >= 15 is 0 Å². The third-order valence-corrected chi connectivity index (χ3v) is 3.56. The smallest absolute Gasteiger partial charge is 0.231 e. The van der Waals surface area contributed by atoms with Crippen LogP contribution in [0.1, 0.15) is 29.6 Å². The molecule has 0 radical (unpaired) electrons. The van der Waals surface area contributed by atoms with Crippen LogP contribution in [0.15, 0.2) is 12.1 Å². The average molecular weight is 262 g/mol. The molecule has 100 valence electrons. The lowest BCUT2D eigenvalue weighted by molar-refractivity contribution is -0.117. The zero-order valence-electron chi connectivity index (χ0n) is 10.6. The third kappa shape index (κ3) is 2.05. The SMILES string of the molecule is COc1cc(C(=O)C2CCC(=O)C2)cc2c1OCO2. The van der Waals surface area contributed by atoms with E-state index in [2.05, 4.69) is 0 Å². The second-order valence-electron chi connectivity index (χ2n) is 4.75. The van der Waals surface area contributed by atoms with E-state index in [9.17, 15) is 9.59 Å². The molecule has 1 atom stereocenters. The molecule has 0 spiro atoms. The van der Waals surface area contributed by atoms with Crippen molar-refractivity contribution in [2.75, 3.05) is 13.9 Å². The summed E-state index contributed by atoms with van der Waals surface area (Å²) in [6, 6.07) is 3.31. The van der Waals surface area contributed by atoms with Crippen molar-refractivity contribution in [1.29, 1.82) is 0 Å². The molecule has 2 aliphatic rings. The van der Waals surface area contributed by atoms with E-state index in [1.165, 1.54) is 7.11 Å². The molecule has 1 heterocycles.